The summed E-state index contributed by atoms with van der Waals surface area (Å²) in [6, 6.07) is 5.04. The summed E-state index contributed by atoms with van der Waals surface area (Å²) < 4.78 is 33.0. The minimum atomic E-state index is -3.65. The van der Waals surface area contributed by atoms with E-state index in [9.17, 15) is 13.2 Å². The second kappa shape index (κ2) is 9.09. The first-order chi connectivity index (χ1) is 12.8. The third-order valence-electron chi connectivity index (χ3n) is 5.62. The van der Waals surface area contributed by atoms with Crippen molar-refractivity contribution in [2.75, 3.05) is 45.9 Å². The highest BCUT2D eigenvalue weighted by Gasteiger charge is 2.36. The molecule has 7 nitrogen and oxygen atoms in total. The first-order valence-corrected chi connectivity index (χ1v) is 10.9. The van der Waals surface area contributed by atoms with E-state index in [1.54, 1.807) is 23.1 Å². The molecule has 28 heavy (non-hydrogen) atoms. The van der Waals surface area contributed by atoms with Crippen LogP contribution in [-0.4, -0.2) is 69.5 Å². The number of aryl methyl sites for hydroxylation is 1. The lowest BCUT2D eigenvalue weighted by Crippen LogP contribution is -2.41. The van der Waals surface area contributed by atoms with E-state index in [1.165, 1.54) is 4.31 Å². The molecule has 0 bridgehead atoms. The maximum absolute atomic E-state index is 13.1. The summed E-state index contributed by atoms with van der Waals surface area (Å²) in [5, 5.41) is 0. The summed E-state index contributed by atoms with van der Waals surface area (Å²) >= 11 is 0. The van der Waals surface area contributed by atoms with Crippen LogP contribution < -0.4 is 5.73 Å². The van der Waals surface area contributed by atoms with Gasteiger partial charge in [0, 0.05) is 31.7 Å². The SMILES string of the molecule is CCc1ccc(C(=O)N2CCC(C)(CN)C2)cc1S(=O)(=O)N1CCOCC1.Cl. The van der Waals surface area contributed by atoms with Crippen LogP contribution in [0.2, 0.25) is 0 Å². The molecule has 1 unspecified atom stereocenters. The summed E-state index contributed by atoms with van der Waals surface area (Å²) in [5.41, 5.74) is 6.92. The van der Waals surface area contributed by atoms with Crippen LogP contribution in [0.3, 0.4) is 0 Å². The monoisotopic (exact) mass is 431 g/mol. The van der Waals surface area contributed by atoms with Gasteiger partial charge in [-0.2, -0.15) is 4.31 Å². The molecule has 9 heteroatoms. The van der Waals surface area contributed by atoms with E-state index in [0.717, 1.165) is 12.0 Å². The highest BCUT2D eigenvalue weighted by Crippen LogP contribution is 2.30. The summed E-state index contributed by atoms with van der Waals surface area (Å²) in [7, 11) is -3.65. The Morgan fingerprint density at radius 3 is 2.50 bits per heavy atom. The van der Waals surface area contributed by atoms with Crippen LogP contribution in [-0.2, 0) is 21.2 Å². The standard InChI is InChI=1S/C19H29N3O4S.ClH/c1-3-15-4-5-16(18(23)21-7-6-19(2,13-20)14-21)12-17(15)27(24,25)22-8-10-26-11-9-22;/h4-5,12H,3,6-11,13-14,20H2,1-2H3;1H. The van der Waals surface area contributed by atoms with Crippen LogP contribution in [0, 0.1) is 5.41 Å². The van der Waals surface area contributed by atoms with E-state index in [2.05, 4.69) is 6.92 Å². The number of likely N-dealkylation sites (tertiary alicyclic amines) is 1. The number of benzene rings is 1. The highest BCUT2D eigenvalue weighted by atomic mass is 35.5. The third kappa shape index (κ3) is 4.52. The Bertz CT molecular complexity index is 811. The molecule has 2 aliphatic heterocycles. The number of nitrogens with two attached hydrogens (primary N) is 1. The number of carbonyl (C=O) groups excluding carboxylic acids is 1. The van der Waals surface area contributed by atoms with Crippen molar-refractivity contribution in [2.45, 2.75) is 31.6 Å². The largest absolute Gasteiger partial charge is 0.379 e. The fourth-order valence-corrected chi connectivity index (χ4v) is 5.42. The van der Waals surface area contributed by atoms with Crippen molar-refractivity contribution >= 4 is 28.3 Å². The number of halogens is 1. The number of hydrogen-bond donors (Lipinski definition) is 1. The maximum Gasteiger partial charge on any atom is 0.253 e. The van der Waals surface area contributed by atoms with Gasteiger partial charge in [0.05, 0.1) is 18.1 Å². The Morgan fingerprint density at radius 2 is 1.93 bits per heavy atom. The van der Waals surface area contributed by atoms with E-state index in [4.69, 9.17) is 10.5 Å². The Balaban J connectivity index is 0.00000280. The zero-order valence-electron chi connectivity index (χ0n) is 16.5. The molecule has 2 aliphatic rings. The Hall–Kier alpha value is -1.19. The van der Waals surface area contributed by atoms with Crippen molar-refractivity contribution in [3.05, 3.63) is 29.3 Å². The summed E-state index contributed by atoms with van der Waals surface area (Å²) in [4.78, 5) is 15.0. The van der Waals surface area contributed by atoms with Gasteiger partial charge >= 0.3 is 0 Å². The van der Waals surface area contributed by atoms with Crippen molar-refractivity contribution in [1.29, 1.82) is 0 Å². The molecule has 2 N–H and O–H groups in total. The lowest BCUT2D eigenvalue weighted by Gasteiger charge is -2.27. The van der Waals surface area contributed by atoms with E-state index in [1.807, 2.05) is 6.92 Å². The van der Waals surface area contributed by atoms with Gasteiger partial charge in [-0.05, 0) is 42.5 Å². The molecule has 1 aromatic carbocycles. The first kappa shape index (κ1) is 23.1. The third-order valence-corrected chi connectivity index (χ3v) is 7.60. The van der Waals surface area contributed by atoms with Crippen molar-refractivity contribution in [3.8, 4) is 0 Å². The highest BCUT2D eigenvalue weighted by molar-refractivity contribution is 7.89. The van der Waals surface area contributed by atoms with Crippen molar-refractivity contribution in [1.82, 2.24) is 9.21 Å². The molecule has 3 rings (SSSR count). The quantitative estimate of drug-likeness (QED) is 0.762. The topological polar surface area (TPSA) is 92.9 Å². The van der Waals surface area contributed by atoms with Gasteiger partial charge in [0.25, 0.3) is 5.91 Å². The van der Waals surface area contributed by atoms with Crippen LogP contribution in [0.15, 0.2) is 23.1 Å². The summed E-state index contributed by atoms with van der Waals surface area (Å²) in [6.07, 6.45) is 1.45. The minimum absolute atomic E-state index is 0. The fraction of sp³-hybridized carbons (Fsp3) is 0.632. The van der Waals surface area contributed by atoms with Crippen LogP contribution in [0.25, 0.3) is 0 Å². The zero-order chi connectivity index (χ0) is 19.7. The van der Waals surface area contributed by atoms with E-state index in [-0.39, 0.29) is 28.6 Å². The van der Waals surface area contributed by atoms with E-state index in [0.29, 0.717) is 57.9 Å². The average molecular weight is 432 g/mol. The minimum Gasteiger partial charge on any atom is -0.379 e. The Morgan fingerprint density at radius 1 is 1.25 bits per heavy atom. The number of ether oxygens (including phenoxy) is 1. The molecule has 1 atom stereocenters. The molecule has 158 valence electrons. The smallest absolute Gasteiger partial charge is 0.253 e. The van der Waals surface area contributed by atoms with Crippen LogP contribution in [0.5, 0.6) is 0 Å². The average Bonchev–Trinajstić information content (AvgIpc) is 3.10. The lowest BCUT2D eigenvalue weighted by molar-refractivity contribution is 0.0729. The van der Waals surface area contributed by atoms with Gasteiger partial charge < -0.3 is 15.4 Å². The zero-order valence-corrected chi connectivity index (χ0v) is 18.2. The van der Waals surface area contributed by atoms with Gasteiger partial charge in [0.15, 0.2) is 0 Å². The number of morpholine rings is 1. The number of hydrogen-bond acceptors (Lipinski definition) is 5. The second-order valence-corrected chi connectivity index (χ2v) is 9.59. The molecule has 1 amide bonds. The van der Waals surface area contributed by atoms with Gasteiger partial charge in [-0.15, -0.1) is 12.4 Å². The maximum atomic E-state index is 13.1. The number of carbonyl (C=O) groups is 1. The number of nitrogens with zero attached hydrogens (tertiary/aromatic N) is 2. The molecular formula is C19H30ClN3O4S. The molecule has 0 radical (unpaired) electrons. The van der Waals surface area contributed by atoms with Crippen molar-refractivity contribution < 1.29 is 17.9 Å². The molecule has 0 aromatic heterocycles. The van der Waals surface area contributed by atoms with E-state index < -0.39 is 10.0 Å². The predicted molar refractivity (Wildman–Crippen MR) is 110 cm³/mol. The van der Waals surface area contributed by atoms with Crippen molar-refractivity contribution in [2.24, 2.45) is 11.1 Å². The van der Waals surface area contributed by atoms with Crippen molar-refractivity contribution in [3.63, 3.8) is 0 Å². The van der Waals surface area contributed by atoms with Crippen LogP contribution in [0.4, 0.5) is 0 Å². The second-order valence-electron chi connectivity index (χ2n) is 7.68. The fourth-order valence-electron chi connectivity index (χ4n) is 3.69. The molecule has 2 saturated heterocycles. The molecule has 1 aromatic rings. The molecule has 0 aliphatic carbocycles. The number of amides is 1. The van der Waals surface area contributed by atoms with Gasteiger partial charge in [0.1, 0.15) is 0 Å². The van der Waals surface area contributed by atoms with Crippen LogP contribution >= 0.6 is 12.4 Å². The number of rotatable bonds is 5. The summed E-state index contributed by atoms with van der Waals surface area (Å²) in [5.74, 6) is -0.131. The lowest BCUT2D eigenvalue weighted by atomic mass is 9.90. The van der Waals surface area contributed by atoms with Gasteiger partial charge in [-0.1, -0.05) is 19.9 Å². The molecule has 0 spiro atoms. The molecule has 2 heterocycles. The van der Waals surface area contributed by atoms with Gasteiger partial charge in [0.2, 0.25) is 10.0 Å². The molecule has 0 saturated carbocycles. The van der Waals surface area contributed by atoms with Crippen LogP contribution in [0.1, 0.15) is 36.2 Å². The van der Waals surface area contributed by atoms with Gasteiger partial charge in [-0.25, -0.2) is 8.42 Å². The molecular weight excluding hydrogens is 402 g/mol. The Kier molecular flexibility index (Phi) is 7.50. The Labute approximate surface area is 173 Å². The number of sulfonamides is 1. The van der Waals surface area contributed by atoms with E-state index >= 15 is 0 Å². The molecule has 2 fully saturated rings. The normalized spacial score (nSPS) is 23.5. The summed E-state index contributed by atoms with van der Waals surface area (Å²) in [6.45, 7) is 7.24. The predicted octanol–water partition coefficient (Wildman–Crippen LogP) is 1.50. The van der Waals surface area contributed by atoms with Gasteiger partial charge in [-0.3, -0.25) is 4.79 Å². The first-order valence-electron chi connectivity index (χ1n) is 9.51.